The van der Waals surface area contributed by atoms with Crippen LogP contribution in [0.15, 0.2) is 40.8 Å². The molecule has 0 spiro atoms. The minimum atomic E-state index is -0.668. The van der Waals surface area contributed by atoms with Gasteiger partial charge in [0.25, 0.3) is 5.91 Å². The lowest BCUT2D eigenvalue weighted by atomic mass is 10.1. The van der Waals surface area contributed by atoms with Crippen LogP contribution in [0.4, 0.5) is 0 Å². The third-order valence-corrected chi connectivity index (χ3v) is 5.22. The van der Waals surface area contributed by atoms with Crippen LogP contribution in [0, 0.1) is 6.92 Å². The summed E-state index contributed by atoms with van der Waals surface area (Å²) in [7, 11) is 0. The van der Waals surface area contributed by atoms with E-state index in [9.17, 15) is 9.59 Å². The maximum Gasteiger partial charge on any atom is 0.375 e. The summed E-state index contributed by atoms with van der Waals surface area (Å²) in [5.74, 6) is 0.553. The second-order valence-electron chi connectivity index (χ2n) is 7.54. The lowest BCUT2D eigenvalue weighted by Gasteiger charge is -2.13. The van der Waals surface area contributed by atoms with Gasteiger partial charge < -0.3 is 23.9 Å². The fourth-order valence-corrected chi connectivity index (χ4v) is 3.72. The lowest BCUT2D eigenvalue weighted by Crippen LogP contribution is -2.28. The number of esters is 1. The topological polar surface area (TPSA) is 87.0 Å². The molecule has 0 fully saturated rings. The SMILES string of the molecule is CCOc1cc2c(cc1CNC(=O)COC(=O)c1oc3ccccc3c1C)O[C@@H](C)C2. The van der Waals surface area contributed by atoms with Crippen molar-refractivity contribution in [2.24, 2.45) is 0 Å². The monoisotopic (exact) mass is 423 g/mol. The first-order valence-corrected chi connectivity index (χ1v) is 10.3. The van der Waals surface area contributed by atoms with E-state index in [-0.39, 0.29) is 18.4 Å². The molecular weight excluding hydrogens is 398 g/mol. The summed E-state index contributed by atoms with van der Waals surface area (Å²) in [5, 5.41) is 3.61. The van der Waals surface area contributed by atoms with E-state index in [0.29, 0.717) is 23.5 Å². The average Bonchev–Trinajstić information content (AvgIpc) is 3.29. The number of para-hydroxylation sites is 1. The molecule has 7 heteroatoms. The fourth-order valence-electron chi connectivity index (χ4n) is 3.72. The Balaban J connectivity index is 1.37. The zero-order valence-electron chi connectivity index (χ0n) is 17.8. The second-order valence-corrected chi connectivity index (χ2v) is 7.54. The molecule has 1 atom stereocenters. The molecule has 0 saturated heterocycles. The van der Waals surface area contributed by atoms with Crippen molar-refractivity contribution >= 4 is 22.8 Å². The highest BCUT2D eigenvalue weighted by atomic mass is 16.5. The van der Waals surface area contributed by atoms with Gasteiger partial charge in [0, 0.05) is 35.0 Å². The van der Waals surface area contributed by atoms with E-state index in [2.05, 4.69) is 5.32 Å². The number of aryl methyl sites for hydroxylation is 1. The number of benzene rings is 2. The summed E-state index contributed by atoms with van der Waals surface area (Å²) in [6.07, 6.45) is 0.953. The van der Waals surface area contributed by atoms with E-state index in [1.54, 1.807) is 13.0 Å². The Hall–Kier alpha value is -3.48. The molecule has 31 heavy (non-hydrogen) atoms. The number of furan rings is 1. The van der Waals surface area contributed by atoms with E-state index in [1.807, 2.05) is 44.2 Å². The molecule has 1 amide bonds. The van der Waals surface area contributed by atoms with Crippen LogP contribution < -0.4 is 14.8 Å². The molecule has 162 valence electrons. The first-order chi connectivity index (χ1) is 15.0. The molecule has 1 aromatic heterocycles. The first-order valence-electron chi connectivity index (χ1n) is 10.3. The highest BCUT2D eigenvalue weighted by molar-refractivity contribution is 5.96. The predicted molar refractivity (Wildman–Crippen MR) is 114 cm³/mol. The molecule has 7 nitrogen and oxygen atoms in total. The molecule has 1 aliphatic rings. The van der Waals surface area contributed by atoms with Crippen LogP contribution >= 0.6 is 0 Å². The Bertz CT molecular complexity index is 1130. The summed E-state index contributed by atoms with van der Waals surface area (Å²) in [4.78, 5) is 24.7. The third kappa shape index (κ3) is 4.35. The van der Waals surface area contributed by atoms with E-state index < -0.39 is 18.5 Å². The minimum absolute atomic E-state index is 0.109. The van der Waals surface area contributed by atoms with Gasteiger partial charge in [0.2, 0.25) is 5.76 Å². The third-order valence-electron chi connectivity index (χ3n) is 5.22. The van der Waals surface area contributed by atoms with Crippen LogP contribution in [-0.4, -0.2) is 31.2 Å². The van der Waals surface area contributed by atoms with Crippen molar-refractivity contribution in [2.45, 2.75) is 39.8 Å². The zero-order chi connectivity index (χ0) is 22.0. The van der Waals surface area contributed by atoms with Gasteiger partial charge in [0.15, 0.2) is 6.61 Å². The molecule has 2 heterocycles. The summed E-state index contributed by atoms with van der Waals surface area (Å²) >= 11 is 0. The van der Waals surface area contributed by atoms with Gasteiger partial charge in [-0.25, -0.2) is 4.79 Å². The van der Waals surface area contributed by atoms with Crippen molar-refractivity contribution in [3.63, 3.8) is 0 Å². The number of rotatable bonds is 7. The quantitative estimate of drug-likeness (QED) is 0.580. The van der Waals surface area contributed by atoms with Crippen LogP contribution in [0.5, 0.6) is 11.5 Å². The van der Waals surface area contributed by atoms with Crippen LogP contribution in [-0.2, 0) is 22.5 Å². The van der Waals surface area contributed by atoms with Gasteiger partial charge in [-0.3, -0.25) is 4.79 Å². The molecule has 0 bridgehead atoms. The lowest BCUT2D eigenvalue weighted by molar-refractivity contribution is -0.124. The molecule has 0 radical (unpaired) electrons. The number of hydrogen-bond donors (Lipinski definition) is 1. The summed E-state index contributed by atoms with van der Waals surface area (Å²) in [6.45, 7) is 6.06. The van der Waals surface area contributed by atoms with Gasteiger partial charge in [-0.2, -0.15) is 0 Å². The van der Waals surface area contributed by atoms with E-state index in [4.69, 9.17) is 18.6 Å². The maximum absolute atomic E-state index is 12.4. The van der Waals surface area contributed by atoms with Gasteiger partial charge in [-0.15, -0.1) is 0 Å². The molecule has 0 unspecified atom stereocenters. The highest BCUT2D eigenvalue weighted by Gasteiger charge is 2.23. The predicted octanol–water partition coefficient (Wildman–Crippen LogP) is 3.94. The minimum Gasteiger partial charge on any atom is -0.494 e. The molecule has 2 aromatic carbocycles. The van der Waals surface area contributed by atoms with Gasteiger partial charge in [0.05, 0.1) is 6.61 Å². The van der Waals surface area contributed by atoms with Crippen LogP contribution in [0.1, 0.15) is 41.1 Å². The number of nitrogens with one attached hydrogen (secondary N) is 1. The number of carbonyl (C=O) groups excluding carboxylic acids is 2. The van der Waals surface area contributed by atoms with Crippen molar-refractivity contribution in [2.75, 3.05) is 13.2 Å². The second kappa shape index (κ2) is 8.71. The van der Waals surface area contributed by atoms with Crippen molar-refractivity contribution in [3.05, 3.63) is 58.8 Å². The zero-order valence-corrected chi connectivity index (χ0v) is 17.8. The van der Waals surface area contributed by atoms with Gasteiger partial charge in [-0.05, 0) is 39.0 Å². The molecule has 3 aromatic rings. The Morgan fingerprint density at radius 2 is 2.03 bits per heavy atom. The van der Waals surface area contributed by atoms with E-state index in [0.717, 1.165) is 28.7 Å². The van der Waals surface area contributed by atoms with Crippen LogP contribution in [0.3, 0.4) is 0 Å². The van der Waals surface area contributed by atoms with Crippen molar-refractivity contribution in [1.29, 1.82) is 0 Å². The summed E-state index contributed by atoms with van der Waals surface area (Å²) < 4.78 is 22.3. The molecule has 0 saturated carbocycles. The summed E-state index contributed by atoms with van der Waals surface area (Å²) in [5.41, 5.74) is 3.20. The van der Waals surface area contributed by atoms with Gasteiger partial charge >= 0.3 is 5.97 Å². The van der Waals surface area contributed by atoms with Crippen molar-refractivity contribution < 1.29 is 28.2 Å². The largest absolute Gasteiger partial charge is 0.494 e. The van der Waals surface area contributed by atoms with Crippen molar-refractivity contribution in [3.8, 4) is 11.5 Å². The molecule has 1 aliphatic heterocycles. The molecule has 4 rings (SSSR count). The maximum atomic E-state index is 12.4. The molecular formula is C24H25NO6. The van der Waals surface area contributed by atoms with Crippen molar-refractivity contribution in [1.82, 2.24) is 5.32 Å². The molecule has 0 aliphatic carbocycles. The number of fused-ring (bicyclic) bond motifs is 2. The Labute approximate surface area is 180 Å². The first kappa shape index (κ1) is 20.8. The van der Waals surface area contributed by atoms with Gasteiger partial charge in [0.1, 0.15) is 23.2 Å². The smallest absolute Gasteiger partial charge is 0.375 e. The normalized spacial score (nSPS) is 14.7. The fraction of sp³-hybridized carbons (Fsp3) is 0.333. The number of ether oxygens (including phenoxy) is 3. The summed E-state index contributed by atoms with van der Waals surface area (Å²) in [6, 6.07) is 11.2. The average molecular weight is 423 g/mol. The number of hydrogen-bond acceptors (Lipinski definition) is 6. The Morgan fingerprint density at radius 1 is 1.23 bits per heavy atom. The Kier molecular flexibility index (Phi) is 5.84. The van der Waals surface area contributed by atoms with Crippen LogP contribution in [0.25, 0.3) is 11.0 Å². The highest BCUT2D eigenvalue weighted by Crippen LogP contribution is 2.35. The standard InChI is InChI=1S/C24H25NO6/c1-4-28-20-10-16-9-14(2)30-21(16)11-17(20)12-25-22(26)13-29-24(27)23-15(3)18-7-5-6-8-19(18)31-23/h5-8,10-11,14H,4,9,12-13H2,1-3H3,(H,25,26)/t14-/m0/s1. The van der Waals surface area contributed by atoms with Gasteiger partial charge in [-0.1, -0.05) is 18.2 Å². The van der Waals surface area contributed by atoms with E-state index in [1.165, 1.54) is 0 Å². The molecule has 1 N–H and O–H groups in total. The number of carbonyl (C=O) groups is 2. The van der Waals surface area contributed by atoms with Crippen LogP contribution in [0.2, 0.25) is 0 Å². The van der Waals surface area contributed by atoms with E-state index >= 15 is 0 Å². The Morgan fingerprint density at radius 3 is 2.81 bits per heavy atom. The number of amides is 1.